The normalized spacial score (nSPS) is 11.5. The summed E-state index contributed by atoms with van der Waals surface area (Å²) in [5, 5.41) is 7.02. The molecule has 1 unspecified atom stereocenters. The third-order valence-corrected chi connectivity index (χ3v) is 4.99. The van der Waals surface area contributed by atoms with Crippen LogP contribution in [-0.2, 0) is 22.6 Å². The van der Waals surface area contributed by atoms with Gasteiger partial charge >= 0.3 is 5.97 Å². The molecule has 0 fully saturated rings. The zero-order valence-electron chi connectivity index (χ0n) is 17.4. The van der Waals surface area contributed by atoms with Gasteiger partial charge in [0.25, 0.3) is 5.91 Å². The van der Waals surface area contributed by atoms with Crippen LogP contribution in [0.4, 0.5) is 0 Å². The van der Waals surface area contributed by atoms with Gasteiger partial charge in [-0.2, -0.15) is 5.10 Å². The number of benzene rings is 3. The molecule has 3 aromatic carbocycles. The van der Waals surface area contributed by atoms with E-state index in [-0.39, 0.29) is 12.5 Å². The Morgan fingerprint density at radius 2 is 1.53 bits per heavy atom. The highest BCUT2D eigenvalue weighted by Crippen LogP contribution is 2.12. The lowest BCUT2D eigenvalue weighted by molar-refractivity contribution is -0.147. The van der Waals surface area contributed by atoms with Crippen LogP contribution in [0, 0.1) is 0 Å². The van der Waals surface area contributed by atoms with Crippen molar-refractivity contribution < 1.29 is 14.3 Å². The average molecular weight is 425 g/mol. The van der Waals surface area contributed by atoms with Gasteiger partial charge in [-0.25, -0.2) is 9.48 Å². The van der Waals surface area contributed by atoms with Gasteiger partial charge < -0.3 is 10.1 Å². The number of carbonyl (C=O) groups excluding carboxylic acids is 2. The number of nitrogens with zero attached hydrogens (tertiary/aromatic N) is 2. The second-order valence-electron chi connectivity index (χ2n) is 7.31. The molecular formula is C26H23N3O3. The first-order chi connectivity index (χ1) is 15.7. The minimum Gasteiger partial charge on any atom is -0.459 e. The van der Waals surface area contributed by atoms with Crippen molar-refractivity contribution in [3.63, 3.8) is 0 Å². The van der Waals surface area contributed by atoms with Gasteiger partial charge in [-0.3, -0.25) is 4.79 Å². The van der Waals surface area contributed by atoms with Gasteiger partial charge in [-0.15, -0.1) is 0 Å². The van der Waals surface area contributed by atoms with Crippen LogP contribution in [0.5, 0.6) is 0 Å². The van der Waals surface area contributed by atoms with Crippen molar-refractivity contribution >= 4 is 11.9 Å². The Morgan fingerprint density at radius 1 is 0.844 bits per heavy atom. The third-order valence-electron chi connectivity index (χ3n) is 4.99. The molecule has 6 heteroatoms. The SMILES string of the molecule is O=C(NC(Cc1ccccc1)C(=O)OCc1ccc(-n2cccn2)cc1)c1ccccc1. The first-order valence-electron chi connectivity index (χ1n) is 10.3. The molecule has 1 aromatic heterocycles. The Bertz CT molecular complexity index is 1140. The van der Waals surface area contributed by atoms with Crippen LogP contribution in [0.1, 0.15) is 21.5 Å². The summed E-state index contributed by atoms with van der Waals surface area (Å²) < 4.78 is 7.31. The fraction of sp³-hybridized carbons (Fsp3) is 0.115. The highest BCUT2D eigenvalue weighted by Gasteiger charge is 2.23. The van der Waals surface area contributed by atoms with E-state index in [0.29, 0.717) is 12.0 Å². The van der Waals surface area contributed by atoms with Crippen LogP contribution in [0.2, 0.25) is 0 Å². The van der Waals surface area contributed by atoms with E-state index in [9.17, 15) is 9.59 Å². The summed E-state index contributed by atoms with van der Waals surface area (Å²) in [4.78, 5) is 25.5. The average Bonchev–Trinajstić information content (AvgIpc) is 3.39. The largest absolute Gasteiger partial charge is 0.459 e. The second kappa shape index (κ2) is 10.2. The van der Waals surface area contributed by atoms with Crippen molar-refractivity contribution in [2.75, 3.05) is 0 Å². The smallest absolute Gasteiger partial charge is 0.329 e. The minimum absolute atomic E-state index is 0.116. The summed E-state index contributed by atoms with van der Waals surface area (Å²) in [7, 11) is 0. The second-order valence-corrected chi connectivity index (χ2v) is 7.31. The lowest BCUT2D eigenvalue weighted by atomic mass is 10.1. The first kappa shape index (κ1) is 21.1. The summed E-state index contributed by atoms with van der Waals surface area (Å²) in [6, 6.07) is 27.0. The standard InChI is InChI=1S/C26H23N3O3/c30-25(22-10-5-2-6-11-22)28-24(18-20-8-3-1-4-9-20)26(31)32-19-21-12-14-23(15-13-21)29-17-7-16-27-29/h1-17,24H,18-19H2,(H,28,30). The predicted molar refractivity (Wildman–Crippen MR) is 121 cm³/mol. The summed E-state index contributed by atoms with van der Waals surface area (Å²) in [5.74, 6) is -0.790. The monoisotopic (exact) mass is 425 g/mol. The molecule has 0 saturated heterocycles. The maximum atomic E-state index is 12.9. The van der Waals surface area contributed by atoms with Crippen molar-refractivity contribution in [1.29, 1.82) is 0 Å². The van der Waals surface area contributed by atoms with Gasteiger partial charge in [0.1, 0.15) is 12.6 Å². The highest BCUT2D eigenvalue weighted by atomic mass is 16.5. The molecular weight excluding hydrogens is 402 g/mol. The van der Waals surface area contributed by atoms with Crippen LogP contribution in [-0.4, -0.2) is 27.7 Å². The number of esters is 1. The van der Waals surface area contributed by atoms with Gasteiger partial charge in [-0.05, 0) is 41.5 Å². The molecule has 0 aliphatic heterocycles. The summed E-state index contributed by atoms with van der Waals surface area (Å²) in [6.45, 7) is 0.116. The molecule has 1 N–H and O–H groups in total. The summed E-state index contributed by atoms with van der Waals surface area (Å²) in [6.07, 6.45) is 3.92. The molecule has 6 nitrogen and oxygen atoms in total. The van der Waals surface area contributed by atoms with Gasteiger partial charge in [0.15, 0.2) is 0 Å². The van der Waals surface area contributed by atoms with Crippen LogP contribution in [0.25, 0.3) is 5.69 Å². The van der Waals surface area contributed by atoms with Crippen LogP contribution < -0.4 is 5.32 Å². The number of amides is 1. The number of aromatic nitrogens is 2. The molecule has 1 atom stereocenters. The lowest BCUT2D eigenvalue weighted by Crippen LogP contribution is -2.43. The number of rotatable bonds is 8. The lowest BCUT2D eigenvalue weighted by Gasteiger charge is -2.18. The van der Waals surface area contributed by atoms with Crippen LogP contribution in [0.3, 0.4) is 0 Å². The number of carbonyl (C=O) groups is 2. The Balaban J connectivity index is 1.42. The zero-order chi connectivity index (χ0) is 22.2. The molecule has 4 rings (SSSR count). The molecule has 0 aliphatic rings. The van der Waals surface area contributed by atoms with E-state index in [1.54, 1.807) is 35.1 Å². The minimum atomic E-state index is -0.798. The highest BCUT2D eigenvalue weighted by molar-refractivity contribution is 5.96. The van der Waals surface area contributed by atoms with E-state index in [4.69, 9.17) is 4.74 Å². The van der Waals surface area contributed by atoms with Crippen LogP contribution in [0.15, 0.2) is 103 Å². The van der Waals surface area contributed by atoms with Gasteiger partial charge in [-0.1, -0.05) is 60.7 Å². The Hall–Kier alpha value is -4.19. The number of ether oxygens (including phenoxy) is 1. The Kier molecular flexibility index (Phi) is 6.72. The van der Waals surface area contributed by atoms with Crippen molar-refractivity contribution in [2.45, 2.75) is 19.1 Å². The van der Waals surface area contributed by atoms with E-state index in [1.165, 1.54) is 0 Å². The van der Waals surface area contributed by atoms with Gasteiger partial charge in [0.2, 0.25) is 0 Å². The number of hydrogen-bond acceptors (Lipinski definition) is 4. The summed E-state index contributed by atoms with van der Waals surface area (Å²) in [5.41, 5.74) is 3.20. The Labute approximate surface area is 186 Å². The Morgan fingerprint density at radius 3 is 2.19 bits per heavy atom. The molecule has 0 bridgehead atoms. The van der Waals surface area contributed by atoms with Crippen molar-refractivity contribution in [2.24, 2.45) is 0 Å². The first-order valence-corrected chi connectivity index (χ1v) is 10.3. The quantitative estimate of drug-likeness (QED) is 0.434. The fourth-order valence-electron chi connectivity index (χ4n) is 3.30. The van der Waals surface area contributed by atoms with E-state index in [0.717, 1.165) is 16.8 Å². The molecule has 1 heterocycles. The maximum Gasteiger partial charge on any atom is 0.329 e. The summed E-state index contributed by atoms with van der Waals surface area (Å²) >= 11 is 0. The van der Waals surface area contributed by atoms with E-state index < -0.39 is 12.0 Å². The van der Waals surface area contributed by atoms with Crippen molar-refractivity contribution in [1.82, 2.24) is 15.1 Å². The fourth-order valence-corrected chi connectivity index (χ4v) is 3.30. The molecule has 0 saturated carbocycles. The third kappa shape index (κ3) is 5.49. The molecule has 4 aromatic rings. The van der Waals surface area contributed by atoms with Gasteiger partial charge in [0.05, 0.1) is 5.69 Å². The zero-order valence-corrected chi connectivity index (χ0v) is 17.4. The number of hydrogen-bond donors (Lipinski definition) is 1. The molecule has 1 amide bonds. The maximum absolute atomic E-state index is 12.9. The number of nitrogens with one attached hydrogen (secondary N) is 1. The molecule has 32 heavy (non-hydrogen) atoms. The van der Waals surface area contributed by atoms with E-state index in [1.807, 2.05) is 72.9 Å². The molecule has 0 spiro atoms. The van der Waals surface area contributed by atoms with Crippen molar-refractivity contribution in [3.8, 4) is 5.69 Å². The molecule has 160 valence electrons. The van der Waals surface area contributed by atoms with Gasteiger partial charge in [0, 0.05) is 24.4 Å². The van der Waals surface area contributed by atoms with Crippen LogP contribution >= 0.6 is 0 Å². The topological polar surface area (TPSA) is 73.2 Å². The molecule has 0 radical (unpaired) electrons. The van der Waals surface area contributed by atoms with E-state index >= 15 is 0 Å². The van der Waals surface area contributed by atoms with E-state index in [2.05, 4.69) is 10.4 Å². The predicted octanol–water partition coefficient (Wildman–Crippen LogP) is 3.96. The molecule has 0 aliphatic carbocycles. The van der Waals surface area contributed by atoms with Crippen molar-refractivity contribution in [3.05, 3.63) is 120 Å².